The maximum Gasteiger partial charge on any atom is 0.354 e. The van der Waals surface area contributed by atoms with E-state index in [2.05, 4.69) is 4.98 Å². The second-order valence-electron chi connectivity index (χ2n) is 7.24. The predicted molar refractivity (Wildman–Crippen MR) is 111 cm³/mol. The number of carbonyl (C=O) groups is 2. The van der Waals surface area contributed by atoms with Gasteiger partial charge in [-0.05, 0) is 11.5 Å². The largest absolute Gasteiger partial charge is 0.477 e. The first-order valence-electron chi connectivity index (χ1n) is 8.90. The fourth-order valence-corrected chi connectivity index (χ4v) is 3.11. The van der Waals surface area contributed by atoms with Gasteiger partial charge in [-0.1, -0.05) is 24.3 Å². The van der Waals surface area contributed by atoms with E-state index < -0.39 is 23.4 Å². The van der Waals surface area contributed by atoms with Gasteiger partial charge in [-0.2, -0.15) is 0 Å². The Morgan fingerprint density at radius 1 is 1.10 bits per heavy atom. The summed E-state index contributed by atoms with van der Waals surface area (Å²) < 4.78 is 19.6. The van der Waals surface area contributed by atoms with Crippen LogP contribution in [-0.4, -0.2) is 50.2 Å². The number of nitrogens with zero attached hydrogens (tertiary/aromatic N) is 1. The Kier molecular flexibility index (Phi) is 7.72. The predicted octanol–water partition coefficient (Wildman–Crippen LogP) is 4.11. The number of esters is 1. The summed E-state index contributed by atoms with van der Waals surface area (Å²) in [4.78, 5) is 26.0. The Balaban J connectivity index is 0.000000211. The fraction of sp³-hybridized carbons (Fsp3) is 0.227. The molecule has 2 aromatic carbocycles. The van der Waals surface area contributed by atoms with Gasteiger partial charge in [-0.25, -0.2) is 9.78 Å². The number of hydrogen-bond donors (Lipinski definition) is 1. The van der Waals surface area contributed by atoms with Crippen LogP contribution in [0.15, 0.2) is 54.7 Å². The first-order valence-corrected chi connectivity index (χ1v) is 11.2. The van der Waals surface area contributed by atoms with Crippen LogP contribution in [-0.2, 0) is 9.17 Å². The summed E-state index contributed by atoms with van der Waals surface area (Å²) in [6.07, 6.45) is 1.57. The first-order chi connectivity index (χ1) is 13.6. The number of fused-ring (bicyclic) bond motifs is 1. The van der Waals surface area contributed by atoms with Crippen molar-refractivity contribution in [3.8, 4) is 0 Å². The molecule has 7 heteroatoms. The van der Waals surface area contributed by atoms with Gasteiger partial charge < -0.3 is 5.11 Å². The summed E-state index contributed by atoms with van der Waals surface area (Å²) >= 11 is 1.04. The third kappa shape index (κ3) is 6.81. The van der Waals surface area contributed by atoms with Crippen molar-refractivity contribution in [1.29, 1.82) is 0 Å². The van der Waals surface area contributed by atoms with E-state index in [1.807, 2.05) is 24.3 Å². The van der Waals surface area contributed by atoms with Gasteiger partial charge in [0.15, 0.2) is 0 Å². The molecule has 0 spiro atoms. The number of carboxylic acid groups (broad SMARTS) is 1. The Morgan fingerprint density at radius 3 is 2.31 bits per heavy atom. The number of halogens is 1. The monoisotopic (exact) mass is 503 g/mol. The molecule has 0 saturated carbocycles. The summed E-state index contributed by atoms with van der Waals surface area (Å²) in [6.45, 7) is 5.28. The van der Waals surface area contributed by atoms with Crippen LogP contribution in [0.4, 0.5) is 4.39 Å². The Hall–Kier alpha value is -2.48. The van der Waals surface area contributed by atoms with E-state index in [9.17, 15) is 14.0 Å². The average Bonchev–Trinajstić information content (AvgIpc) is 2.66. The van der Waals surface area contributed by atoms with Crippen LogP contribution in [0.3, 0.4) is 0 Å². The van der Waals surface area contributed by atoms with E-state index in [4.69, 9.17) is 9.84 Å². The minimum atomic E-state index is -0.995. The summed E-state index contributed by atoms with van der Waals surface area (Å²) in [5.41, 5.74) is 0.415. The van der Waals surface area contributed by atoms with Gasteiger partial charge in [-0.3, -0.25) is 0 Å². The minimum absolute atomic E-state index is 0.00715. The van der Waals surface area contributed by atoms with Gasteiger partial charge in [-0.15, -0.1) is 0 Å². The molecule has 0 unspecified atom stereocenters. The summed E-state index contributed by atoms with van der Waals surface area (Å²) in [6, 6.07) is 13.8. The van der Waals surface area contributed by atoms with Gasteiger partial charge in [0.05, 0.1) is 0 Å². The molecule has 0 fully saturated rings. The van der Waals surface area contributed by atoms with Crippen LogP contribution in [0.5, 0.6) is 0 Å². The molecule has 5 nitrogen and oxygen atoms in total. The zero-order chi connectivity index (χ0) is 21.6. The fourth-order valence-electron chi connectivity index (χ4n) is 2.38. The van der Waals surface area contributed by atoms with Crippen LogP contribution in [0.1, 0.15) is 47.2 Å². The van der Waals surface area contributed by atoms with E-state index in [0.29, 0.717) is 0 Å². The zero-order valence-electron chi connectivity index (χ0n) is 16.5. The topological polar surface area (TPSA) is 76.5 Å². The van der Waals surface area contributed by atoms with E-state index in [-0.39, 0.29) is 11.3 Å². The SMILES string of the molecule is CC(C)(C)OC(=O)c1ccc([CH2][SnH])cc1F.O=C(O)c1cc2ccccc2cn1. The number of pyridine rings is 1. The Bertz CT molecular complexity index is 1030. The third-order valence-electron chi connectivity index (χ3n) is 3.74. The molecule has 0 saturated heterocycles. The molecule has 0 aliphatic carbocycles. The van der Waals surface area contributed by atoms with Crippen molar-refractivity contribution in [3.63, 3.8) is 0 Å². The molecule has 1 aromatic heterocycles. The summed E-state index contributed by atoms with van der Waals surface area (Å²) in [5, 5.41) is 10.5. The maximum atomic E-state index is 13.6. The Labute approximate surface area is 182 Å². The van der Waals surface area contributed by atoms with Crippen LogP contribution in [0.2, 0.25) is 0 Å². The summed E-state index contributed by atoms with van der Waals surface area (Å²) in [5.74, 6) is -2.10. The van der Waals surface area contributed by atoms with Crippen LogP contribution < -0.4 is 0 Å². The molecule has 3 aromatic rings. The van der Waals surface area contributed by atoms with Gasteiger partial charge in [0.25, 0.3) is 0 Å². The first kappa shape index (κ1) is 22.8. The number of ether oxygens (including phenoxy) is 1. The van der Waals surface area contributed by atoms with Crippen molar-refractivity contribution in [3.05, 3.63) is 77.4 Å². The van der Waals surface area contributed by atoms with Crippen molar-refractivity contribution >= 4 is 45.2 Å². The molecule has 2 radical (unpaired) electrons. The zero-order valence-corrected chi connectivity index (χ0v) is 19.8. The summed E-state index contributed by atoms with van der Waals surface area (Å²) in [7, 11) is 0. The average molecular weight is 502 g/mol. The number of carbonyl (C=O) groups excluding carboxylic acids is 1. The number of aromatic carboxylic acids is 1. The van der Waals surface area contributed by atoms with Crippen LogP contribution in [0, 0.1) is 5.82 Å². The smallest absolute Gasteiger partial charge is 0.354 e. The molecular weight excluding hydrogens is 480 g/mol. The molecule has 1 heterocycles. The molecule has 150 valence electrons. The molecule has 0 amide bonds. The molecule has 0 bridgehead atoms. The van der Waals surface area contributed by atoms with Gasteiger partial charge in [0.1, 0.15) is 5.69 Å². The van der Waals surface area contributed by atoms with Crippen molar-refractivity contribution in [2.45, 2.75) is 30.8 Å². The maximum absolute atomic E-state index is 13.6. The second-order valence-corrected chi connectivity index (χ2v) is 8.41. The van der Waals surface area contributed by atoms with Crippen molar-refractivity contribution < 1.29 is 23.8 Å². The normalized spacial score (nSPS) is 10.8. The molecule has 29 heavy (non-hydrogen) atoms. The number of rotatable bonds is 3. The van der Waals surface area contributed by atoms with Crippen LogP contribution in [0.25, 0.3) is 10.8 Å². The van der Waals surface area contributed by atoms with Gasteiger partial charge >= 0.3 is 114 Å². The van der Waals surface area contributed by atoms with E-state index in [1.54, 1.807) is 39.1 Å². The van der Waals surface area contributed by atoms with Gasteiger partial charge in [0.2, 0.25) is 0 Å². The Morgan fingerprint density at radius 2 is 1.76 bits per heavy atom. The van der Waals surface area contributed by atoms with E-state index in [1.165, 1.54) is 12.1 Å². The molecule has 0 atom stereocenters. The van der Waals surface area contributed by atoms with Crippen molar-refractivity contribution in [2.24, 2.45) is 0 Å². The molecule has 3 rings (SSSR count). The van der Waals surface area contributed by atoms with Crippen molar-refractivity contribution in [1.82, 2.24) is 4.98 Å². The molecule has 0 aliphatic rings. The third-order valence-corrected chi connectivity index (χ3v) is 5.08. The van der Waals surface area contributed by atoms with Gasteiger partial charge in [0, 0.05) is 11.6 Å². The molecular formula is C22H22FNO4Sn. The number of benzene rings is 2. The number of carboxylic acids is 1. The molecule has 0 aliphatic heterocycles. The van der Waals surface area contributed by atoms with Crippen LogP contribution >= 0.6 is 0 Å². The van der Waals surface area contributed by atoms with Crippen molar-refractivity contribution in [2.75, 3.05) is 0 Å². The quantitative estimate of drug-likeness (QED) is 0.431. The second kappa shape index (κ2) is 9.82. The minimum Gasteiger partial charge on any atom is -0.477 e. The number of hydrogen-bond acceptors (Lipinski definition) is 4. The van der Waals surface area contributed by atoms with E-state index >= 15 is 0 Å². The van der Waals surface area contributed by atoms with E-state index in [0.717, 1.165) is 43.3 Å². The molecule has 1 N–H and O–H groups in total. The standard InChI is InChI=1S/C12H14FO2.C10H7NO2.Sn.H/c1-8-5-6-9(10(13)7-8)11(14)15-12(2,3)4;12-10(13)9-5-7-3-1-2-4-8(7)6-11-9;;/h5-7H,1H2,2-4H3;1-6H,(H,12,13);;. The number of aromatic nitrogens is 1.